The number of aromatic nitrogens is 1. The van der Waals surface area contributed by atoms with Crippen molar-refractivity contribution < 1.29 is 17.9 Å². The molecule has 0 unspecified atom stereocenters. The van der Waals surface area contributed by atoms with E-state index < -0.39 is 21.2 Å². The Morgan fingerprint density at radius 3 is 2.83 bits per heavy atom. The van der Waals surface area contributed by atoms with Crippen molar-refractivity contribution in [3.63, 3.8) is 0 Å². The minimum absolute atomic E-state index is 0.0146. The molecule has 0 bridgehead atoms. The zero-order chi connectivity index (χ0) is 20.4. The van der Waals surface area contributed by atoms with E-state index in [4.69, 9.17) is 9.47 Å². The molecule has 2 aromatic rings. The van der Waals surface area contributed by atoms with E-state index in [1.54, 1.807) is 19.1 Å². The molecule has 0 N–H and O–H groups in total. The molecular formula is C21H25BrN2O4S. The summed E-state index contributed by atoms with van der Waals surface area (Å²) >= 11 is 3.56. The fourth-order valence-electron chi connectivity index (χ4n) is 3.88. The second-order valence-electron chi connectivity index (χ2n) is 7.54. The largest absolute Gasteiger partial charge is 0.492 e. The second kappa shape index (κ2) is 8.62. The first-order chi connectivity index (χ1) is 14.0. The zero-order valence-electron chi connectivity index (χ0n) is 16.4. The lowest BCUT2D eigenvalue weighted by Crippen LogP contribution is -2.34. The number of nitrogens with zero attached hydrogens (tertiary/aromatic N) is 2. The molecule has 2 aliphatic rings. The molecule has 2 atom stereocenters. The number of rotatable bonds is 6. The molecule has 156 valence electrons. The Balaban J connectivity index is 1.45. The number of hydrogen-bond acceptors (Lipinski definition) is 6. The first-order valence-electron chi connectivity index (χ1n) is 9.97. The van der Waals surface area contributed by atoms with Crippen LogP contribution < -0.4 is 9.47 Å². The molecule has 1 aromatic heterocycles. The Morgan fingerprint density at radius 2 is 2.07 bits per heavy atom. The van der Waals surface area contributed by atoms with Crippen molar-refractivity contribution in [2.24, 2.45) is 0 Å². The van der Waals surface area contributed by atoms with Gasteiger partial charge in [0.2, 0.25) is 9.84 Å². The predicted molar refractivity (Wildman–Crippen MR) is 114 cm³/mol. The molecule has 8 heteroatoms. The summed E-state index contributed by atoms with van der Waals surface area (Å²) in [5, 5.41) is -0.718. The molecule has 1 aromatic carbocycles. The molecule has 3 heterocycles. The summed E-state index contributed by atoms with van der Waals surface area (Å²) in [5.41, 5.74) is 0.784. The van der Waals surface area contributed by atoms with Crippen LogP contribution in [0.5, 0.6) is 11.5 Å². The van der Waals surface area contributed by atoms with Gasteiger partial charge in [-0.1, -0.05) is 6.07 Å². The highest BCUT2D eigenvalue weighted by atomic mass is 79.9. The van der Waals surface area contributed by atoms with Gasteiger partial charge in [-0.25, -0.2) is 13.4 Å². The minimum atomic E-state index is -3.55. The van der Waals surface area contributed by atoms with E-state index in [0.717, 1.165) is 28.8 Å². The highest BCUT2D eigenvalue weighted by Crippen LogP contribution is 2.41. The number of halogens is 1. The van der Waals surface area contributed by atoms with Gasteiger partial charge >= 0.3 is 0 Å². The molecule has 1 fully saturated rings. The SMILES string of the molecule is C[C@@H]1[C@H](c2ccc(OCCCN3CCCC3)c(Br)c2)Oc2cccnc2S1(=O)=O. The molecule has 0 spiro atoms. The third-order valence-electron chi connectivity index (χ3n) is 5.53. The maximum absolute atomic E-state index is 12.8. The first kappa shape index (κ1) is 20.6. The van der Waals surface area contributed by atoms with Crippen LogP contribution in [0.2, 0.25) is 0 Å². The van der Waals surface area contributed by atoms with Crippen LogP contribution in [0.4, 0.5) is 0 Å². The zero-order valence-corrected chi connectivity index (χ0v) is 18.8. The van der Waals surface area contributed by atoms with Crippen molar-refractivity contribution >= 4 is 25.8 Å². The van der Waals surface area contributed by atoms with Gasteiger partial charge in [0.15, 0.2) is 10.8 Å². The van der Waals surface area contributed by atoms with E-state index >= 15 is 0 Å². The van der Waals surface area contributed by atoms with Crippen LogP contribution in [0.25, 0.3) is 0 Å². The van der Waals surface area contributed by atoms with Gasteiger partial charge in [-0.15, -0.1) is 0 Å². The Kier molecular flexibility index (Phi) is 6.13. The summed E-state index contributed by atoms with van der Waals surface area (Å²) in [6, 6.07) is 8.95. The molecule has 0 radical (unpaired) electrons. The Bertz CT molecular complexity index is 976. The van der Waals surface area contributed by atoms with Crippen LogP contribution in [0.15, 0.2) is 46.0 Å². The van der Waals surface area contributed by atoms with Gasteiger partial charge in [0, 0.05) is 12.7 Å². The molecule has 2 aliphatic heterocycles. The van der Waals surface area contributed by atoms with Crippen LogP contribution in [0.3, 0.4) is 0 Å². The van der Waals surface area contributed by atoms with Gasteiger partial charge in [0.25, 0.3) is 0 Å². The smallest absolute Gasteiger partial charge is 0.205 e. The maximum atomic E-state index is 12.8. The quantitative estimate of drug-likeness (QED) is 0.581. The van der Waals surface area contributed by atoms with Gasteiger partial charge in [-0.05, 0) is 85.0 Å². The first-order valence-corrected chi connectivity index (χ1v) is 12.3. The summed E-state index contributed by atoms with van der Waals surface area (Å²) in [6.07, 6.45) is 4.45. The number of pyridine rings is 1. The molecular weight excluding hydrogens is 456 g/mol. The van der Waals surface area contributed by atoms with Crippen LogP contribution in [-0.4, -0.2) is 49.8 Å². The molecule has 0 amide bonds. The molecule has 29 heavy (non-hydrogen) atoms. The van der Waals surface area contributed by atoms with Crippen molar-refractivity contribution in [3.05, 3.63) is 46.6 Å². The normalized spacial score (nSPS) is 23.4. The average Bonchev–Trinajstić information content (AvgIpc) is 3.23. The van der Waals surface area contributed by atoms with Crippen LogP contribution in [0.1, 0.15) is 37.9 Å². The third kappa shape index (κ3) is 4.29. The topological polar surface area (TPSA) is 68.7 Å². The van der Waals surface area contributed by atoms with Gasteiger partial charge in [0.1, 0.15) is 17.1 Å². The van der Waals surface area contributed by atoms with Crippen LogP contribution in [-0.2, 0) is 9.84 Å². The summed E-state index contributed by atoms with van der Waals surface area (Å²) < 4.78 is 38.4. The Morgan fingerprint density at radius 1 is 1.28 bits per heavy atom. The second-order valence-corrected chi connectivity index (χ2v) is 10.6. The summed E-state index contributed by atoms with van der Waals surface area (Å²) in [4.78, 5) is 6.48. The lowest BCUT2D eigenvalue weighted by molar-refractivity contribution is 0.186. The maximum Gasteiger partial charge on any atom is 0.205 e. The molecule has 4 rings (SSSR count). The molecule has 6 nitrogen and oxygen atoms in total. The molecule has 0 aliphatic carbocycles. The Hall–Kier alpha value is -1.64. The number of likely N-dealkylation sites (tertiary alicyclic amines) is 1. The number of benzene rings is 1. The average molecular weight is 481 g/mol. The predicted octanol–water partition coefficient (Wildman–Crippen LogP) is 4.00. The van der Waals surface area contributed by atoms with Gasteiger partial charge in [0.05, 0.1) is 11.1 Å². The summed E-state index contributed by atoms with van der Waals surface area (Å²) in [5.74, 6) is 1.05. The lowest BCUT2D eigenvalue weighted by atomic mass is 10.1. The standard InChI is InChI=1S/C21H25BrN2O4S/c1-15-20(28-19-6-4-9-23-21(19)29(15,25)26)16-7-8-18(17(22)14-16)27-13-5-12-24-10-2-3-11-24/h4,6-9,14-15,20H,2-3,5,10-13H2,1H3/t15-,20-/m1/s1. The van der Waals surface area contributed by atoms with Crippen molar-refractivity contribution in [1.29, 1.82) is 0 Å². The monoisotopic (exact) mass is 480 g/mol. The van der Waals surface area contributed by atoms with E-state index in [1.165, 1.54) is 32.1 Å². The highest BCUT2D eigenvalue weighted by molar-refractivity contribution is 9.10. The van der Waals surface area contributed by atoms with E-state index in [0.29, 0.717) is 12.4 Å². The number of sulfone groups is 1. The van der Waals surface area contributed by atoms with E-state index in [9.17, 15) is 8.42 Å². The van der Waals surface area contributed by atoms with Crippen molar-refractivity contribution in [2.75, 3.05) is 26.2 Å². The van der Waals surface area contributed by atoms with E-state index in [-0.39, 0.29) is 5.03 Å². The lowest BCUT2D eigenvalue weighted by Gasteiger charge is -2.31. The fraction of sp³-hybridized carbons (Fsp3) is 0.476. The van der Waals surface area contributed by atoms with Crippen LogP contribution >= 0.6 is 15.9 Å². The van der Waals surface area contributed by atoms with Crippen molar-refractivity contribution in [1.82, 2.24) is 9.88 Å². The van der Waals surface area contributed by atoms with E-state index in [1.807, 2.05) is 18.2 Å². The van der Waals surface area contributed by atoms with Crippen LogP contribution in [0, 0.1) is 0 Å². The van der Waals surface area contributed by atoms with Gasteiger partial charge in [-0.3, -0.25) is 0 Å². The number of hydrogen-bond donors (Lipinski definition) is 0. The summed E-state index contributed by atoms with van der Waals surface area (Å²) in [7, 11) is -3.55. The highest BCUT2D eigenvalue weighted by Gasteiger charge is 2.41. The van der Waals surface area contributed by atoms with Crippen molar-refractivity contribution in [3.8, 4) is 11.5 Å². The number of fused-ring (bicyclic) bond motifs is 1. The molecule has 1 saturated heterocycles. The van der Waals surface area contributed by atoms with Gasteiger partial charge in [-0.2, -0.15) is 0 Å². The minimum Gasteiger partial charge on any atom is -0.492 e. The van der Waals surface area contributed by atoms with E-state index in [2.05, 4.69) is 25.8 Å². The fourth-order valence-corrected chi connectivity index (χ4v) is 5.88. The van der Waals surface area contributed by atoms with Crippen molar-refractivity contribution in [2.45, 2.75) is 42.6 Å². The Labute approximate surface area is 180 Å². The molecule has 0 saturated carbocycles. The number of ether oxygens (including phenoxy) is 2. The summed E-state index contributed by atoms with van der Waals surface area (Å²) in [6.45, 7) is 5.76. The van der Waals surface area contributed by atoms with Gasteiger partial charge < -0.3 is 14.4 Å². The third-order valence-corrected chi connectivity index (χ3v) is 8.23.